The molecule has 0 N–H and O–H groups in total. The van der Waals surface area contributed by atoms with Gasteiger partial charge in [0.1, 0.15) is 0 Å². The van der Waals surface area contributed by atoms with Crippen molar-refractivity contribution in [3.05, 3.63) is 210 Å². The van der Waals surface area contributed by atoms with E-state index in [1.165, 1.54) is 142 Å². The van der Waals surface area contributed by atoms with Gasteiger partial charge in [-0.05, 0) is 164 Å². The van der Waals surface area contributed by atoms with Gasteiger partial charge in [-0.15, -0.1) is 11.3 Å². The van der Waals surface area contributed by atoms with Crippen LogP contribution in [-0.2, 0) is 21.7 Å². The van der Waals surface area contributed by atoms with Crippen molar-refractivity contribution in [2.45, 2.75) is 125 Å². The van der Waals surface area contributed by atoms with E-state index in [1.807, 2.05) is 11.3 Å². The molecule has 1 aromatic heterocycles. The zero-order valence-corrected chi connectivity index (χ0v) is 49.6. The van der Waals surface area contributed by atoms with Crippen molar-refractivity contribution in [3.63, 3.8) is 0 Å². The van der Waals surface area contributed by atoms with E-state index in [4.69, 9.17) is 0 Å². The molecule has 79 heavy (non-hydrogen) atoms. The van der Waals surface area contributed by atoms with Crippen molar-refractivity contribution in [2.75, 3.05) is 9.80 Å². The Bertz CT molecular complexity index is 4230. The van der Waals surface area contributed by atoms with Crippen LogP contribution in [0.5, 0.6) is 0 Å². The van der Waals surface area contributed by atoms with Gasteiger partial charge in [0.15, 0.2) is 0 Å². The summed E-state index contributed by atoms with van der Waals surface area (Å²) < 4.78 is 2.72. The van der Waals surface area contributed by atoms with Gasteiger partial charge in [-0.1, -0.05) is 224 Å². The number of para-hydroxylation sites is 1. The lowest BCUT2D eigenvalue weighted by molar-refractivity contribution is 0.569. The van der Waals surface area contributed by atoms with Crippen LogP contribution >= 0.6 is 11.3 Å². The summed E-state index contributed by atoms with van der Waals surface area (Å²) >= 11 is 1.99. The molecule has 0 bridgehead atoms. The molecule has 10 aromatic carbocycles. The van der Waals surface area contributed by atoms with E-state index >= 15 is 0 Å². The predicted molar refractivity (Wildman–Crippen MR) is 348 cm³/mol. The van der Waals surface area contributed by atoms with Gasteiger partial charge < -0.3 is 9.80 Å². The Labute approximate surface area is 473 Å². The second-order valence-electron chi connectivity index (χ2n) is 27.2. The van der Waals surface area contributed by atoms with Gasteiger partial charge in [0.2, 0.25) is 0 Å². The fourth-order valence-electron chi connectivity index (χ4n) is 12.8. The molecule has 392 valence electrons. The van der Waals surface area contributed by atoms with Crippen LogP contribution in [0.2, 0.25) is 0 Å². The molecule has 0 fully saturated rings. The van der Waals surface area contributed by atoms with Crippen molar-refractivity contribution >= 4 is 110 Å². The minimum Gasteiger partial charge on any atom is -0.311 e. The molecular weight excluding hydrogens is 972 g/mol. The quantitative estimate of drug-likeness (QED) is 0.125. The summed E-state index contributed by atoms with van der Waals surface area (Å²) in [6, 6.07) is 71.0. The summed E-state index contributed by atoms with van der Waals surface area (Å²) in [6.07, 6.45) is 0. The van der Waals surface area contributed by atoms with Crippen molar-refractivity contribution in [3.8, 4) is 22.3 Å². The Morgan fingerprint density at radius 2 is 0.886 bits per heavy atom. The molecule has 11 aromatic rings. The molecule has 2 nitrogen and oxygen atoms in total. The fourth-order valence-corrected chi connectivity index (χ4v) is 14.1. The summed E-state index contributed by atoms with van der Waals surface area (Å²) in [5.74, 6) is 0.352. The Morgan fingerprint density at radius 3 is 1.51 bits per heavy atom. The van der Waals surface area contributed by atoms with Gasteiger partial charge in [0.25, 0.3) is 6.71 Å². The largest absolute Gasteiger partial charge is 0.311 e. The van der Waals surface area contributed by atoms with E-state index in [0.29, 0.717) is 5.92 Å². The van der Waals surface area contributed by atoms with E-state index in [2.05, 4.69) is 289 Å². The van der Waals surface area contributed by atoms with Crippen molar-refractivity contribution < 1.29 is 0 Å². The second kappa shape index (κ2) is 18.1. The lowest BCUT2D eigenvalue weighted by atomic mass is 9.36. The van der Waals surface area contributed by atoms with Gasteiger partial charge >= 0.3 is 0 Å². The second-order valence-corrected chi connectivity index (χ2v) is 28.3. The number of hydrogen-bond donors (Lipinski definition) is 0. The van der Waals surface area contributed by atoms with Gasteiger partial charge in [0, 0.05) is 43.1 Å². The summed E-state index contributed by atoms with van der Waals surface area (Å²) in [4.78, 5) is 5.32. The average Bonchev–Trinajstić information content (AvgIpc) is 4.04. The standard InChI is InChI=1S/C75H73BN2S/c1-45(2)46-31-35-65-62(41-46)76-69-66(77(65)64-36-32-49(72(3,4)5)43-59(64)47-30-34-58-56-25-16-15-23-54(56)55-24-17-18-26-57(55)60(58)40-47)28-21-29-67(69)78(70-61-44-50(73(6,7)8)33-37-68(61)79-71(70)76)63-27-20-19-22-53(63)48-38-51(74(9,10)11)42-52(39-48)75(12,13)14/h15-45H,1-14H3. The van der Waals surface area contributed by atoms with Crippen LogP contribution in [0.4, 0.5) is 34.1 Å². The summed E-state index contributed by atoms with van der Waals surface area (Å²) in [5.41, 5.74) is 21.6. The SMILES string of the molecule is CC(C)c1ccc2c(c1)B1c3sc4ccc(C(C)(C)C)cc4c3N(c3ccccc3-c3cc(C(C)(C)C)cc(C(C)(C)C)c3)c3cccc(c31)N2c1ccc(C(C)(C)C)cc1-c1ccc2c3ccccc3c3ccccc3c2c1. The lowest BCUT2D eigenvalue weighted by Gasteiger charge is -2.44. The normalized spacial score (nSPS) is 13.7. The lowest BCUT2D eigenvalue weighted by Crippen LogP contribution is -2.60. The smallest absolute Gasteiger partial charge is 0.264 e. The van der Waals surface area contributed by atoms with Crippen LogP contribution in [0.3, 0.4) is 0 Å². The topological polar surface area (TPSA) is 6.48 Å². The first-order valence-corrected chi connectivity index (χ1v) is 29.5. The van der Waals surface area contributed by atoms with Crippen molar-refractivity contribution in [1.29, 1.82) is 0 Å². The third kappa shape index (κ3) is 8.34. The first kappa shape index (κ1) is 51.1. The fraction of sp³-hybridized carbons (Fsp3) is 0.253. The molecule has 0 atom stereocenters. The maximum atomic E-state index is 2.68. The van der Waals surface area contributed by atoms with Crippen LogP contribution in [0.1, 0.15) is 131 Å². The molecule has 0 aliphatic carbocycles. The minimum absolute atomic E-state index is 0.000580. The Kier molecular flexibility index (Phi) is 11.7. The predicted octanol–water partition coefficient (Wildman–Crippen LogP) is 20.1. The maximum Gasteiger partial charge on any atom is 0.264 e. The van der Waals surface area contributed by atoms with Gasteiger partial charge in [0.05, 0.1) is 17.1 Å². The van der Waals surface area contributed by atoms with E-state index in [-0.39, 0.29) is 28.4 Å². The van der Waals surface area contributed by atoms with Crippen LogP contribution in [0.15, 0.2) is 182 Å². The monoisotopic (exact) mass is 1040 g/mol. The zero-order chi connectivity index (χ0) is 55.2. The summed E-state index contributed by atoms with van der Waals surface area (Å²) in [5, 5.41) is 9.03. The molecule has 0 spiro atoms. The number of benzene rings is 10. The Balaban J connectivity index is 1.12. The maximum absolute atomic E-state index is 2.68. The number of rotatable bonds is 5. The first-order chi connectivity index (χ1) is 37.5. The van der Waals surface area contributed by atoms with Gasteiger partial charge in [-0.3, -0.25) is 0 Å². The Morgan fingerprint density at radius 1 is 0.367 bits per heavy atom. The zero-order valence-electron chi connectivity index (χ0n) is 48.8. The van der Waals surface area contributed by atoms with Crippen molar-refractivity contribution in [2.24, 2.45) is 0 Å². The molecule has 0 saturated carbocycles. The third-order valence-corrected chi connectivity index (χ3v) is 18.6. The molecule has 0 radical (unpaired) electrons. The van der Waals surface area contributed by atoms with Crippen LogP contribution in [-0.4, -0.2) is 6.71 Å². The number of fused-ring (bicyclic) bond motifs is 12. The molecule has 0 saturated heterocycles. The molecule has 13 rings (SSSR count). The molecular formula is C75H73BN2S. The number of nitrogens with zero attached hydrogens (tertiary/aromatic N) is 2. The van der Waals surface area contributed by atoms with E-state index in [9.17, 15) is 0 Å². The number of thiophene rings is 1. The number of anilines is 6. The molecule has 3 heterocycles. The van der Waals surface area contributed by atoms with E-state index in [0.717, 1.165) is 0 Å². The highest BCUT2D eigenvalue weighted by atomic mass is 32.1. The highest BCUT2D eigenvalue weighted by Gasteiger charge is 2.46. The molecule has 0 unspecified atom stereocenters. The van der Waals surface area contributed by atoms with Crippen LogP contribution in [0.25, 0.3) is 64.7 Å². The highest BCUT2D eigenvalue weighted by Crippen LogP contribution is 2.52. The average molecular weight is 1050 g/mol. The first-order valence-electron chi connectivity index (χ1n) is 28.7. The van der Waals surface area contributed by atoms with E-state index < -0.39 is 0 Å². The Hall–Kier alpha value is -7.40. The van der Waals surface area contributed by atoms with Crippen molar-refractivity contribution in [1.82, 2.24) is 0 Å². The summed E-state index contributed by atoms with van der Waals surface area (Å²) in [6.45, 7) is 32.9. The number of hydrogen-bond acceptors (Lipinski definition) is 3. The minimum atomic E-state index is -0.0750. The summed E-state index contributed by atoms with van der Waals surface area (Å²) in [7, 11) is 0. The van der Waals surface area contributed by atoms with E-state index in [1.54, 1.807) is 0 Å². The molecule has 4 heteroatoms. The highest BCUT2D eigenvalue weighted by molar-refractivity contribution is 7.33. The van der Waals surface area contributed by atoms with Crippen LogP contribution < -0.4 is 25.5 Å². The van der Waals surface area contributed by atoms with Gasteiger partial charge in [-0.25, -0.2) is 0 Å². The third-order valence-electron chi connectivity index (χ3n) is 17.4. The molecule has 2 aliphatic rings. The van der Waals surface area contributed by atoms with Gasteiger partial charge in [-0.2, -0.15) is 0 Å². The van der Waals surface area contributed by atoms with Crippen LogP contribution in [0, 0.1) is 0 Å². The molecule has 0 amide bonds. The molecule has 2 aliphatic heterocycles.